The fourth-order valence-electron chi connectivity index (χ4n) is 0. The lowest BCUT2D eigenvalue weighted by molar-refractivity contribution is 0.397. The lowest BCUT2D eigenvalue weighted by Gasteiger charge is -2.12. The molecule has 0 heteroatoms. The molecule has 0 aliphatic heterocycles. The van der Waals surface area contributed by atoms with Crippen LogP contribution in [0.25, 0.3) is 0 Å². The molecule has 0 bridgehead atoms. The van der Waals surface area contributed by atoms with Crippen LogP contribution >= 0.6 is 0 Å². The Morgan fingerprint density at radius 1 is 0.533 bits per heavy atom. The van der Waals surface area contributed by atoms with E-state index in [-0.39, 0.29) is 0 Å². The van der Waals surface area contributed by atoms with Gasteiger partial charge in [-0.05, 0) is 10.8 Å². The van der Waals surface area contributed by atoms with Gasteiger partial charge < -0.3 is 0 Å². The minimum absolute atomic E-state index is 0.542. The topological polar surface area (TPSA) is 0 Å². The molecular formula is C15H36. The van der Waals surface area contributed by atoms with Crippen molar-refractivity contribution < 1.29 is 0 Å². The molecule has 96 valence electrons. The first kappa shape index (κ1) is 20.4. The van der Waals surface area contributed by atoms with Gasteiger partial charge in [0, 0.05) is 0 Å². The van der Waals surface area contributed by atoms with Crippen molar-refractivity contribution in [1.82, 2.24) is 0 Å². The van der Waals surface area contributed by atoms with Gasteiger partial charge in [0.15, 0.2) is 0 Å². The van der Waals surface area contributed by atoms with Gasteiger partial charge in [0.25, 0.3) is 0 Å². The smallest absolute Gasteiger partial charge is 0.0385 e. The molecule has 0 heterocycles. The summed E-state index contributed by atoms with van der Waals surface area (Å²) in [5, 5.41) is 0. The maximum absolute atomic E-state index is 2.24. The Balaban J connectivity index is -0.000000153. The van der Waals surface area contributed by atoms with E-state index in [4.69, 9.17) is 0 Å². The van der Waals surface area contributed by atoms with Crippen LogP contribution in [-0.2, 0) is 0 Å². The molecule has 15 heavy (non-hydrogen) atoms. The van der Waals surface area contributed by atoms with Crippen molar-refractivity contribution in [1.29, 1.82) is 0 Å². The first-order valence-corrected chi connectivity index (χ1v) is 6.54. The fourth-order valence-corrected chi connectivity index (χ4v) is 0. The zero-order valence-electron chi connectivity index (χ0n) is 13.1. The Hall–Kier alpha value is 0. The van der Waals surface area contributed by atoms with Crippen molar-refractivity contribution in [3.63, 3.8) is 0 Å². The van der Waals surface area contributed by atoms with Crippen molar-refractivity contribution in [2.75, 3.05) is 0 Å². The first-order chi connectivity index (χ1) is 6.54. The van der Waals surface area contributed by atoms with E-state index in [2.05, 4.69) is 69.2 Å². The molecule has 0 N–H and O–H groups in total. The van der Waals surface area contributed by atoms with Gasteiger partial charge in [-0.3, -0.25) is 0 Å². The van der Waals surface area contributed by atoms with Gasteiger partial charge in [0.1, 0.15) is 0 Å². The second kappa shape index (κ2) is 10.5. The molecule has 0 saturated carbocycles. The largest absolute Gasteiger partial charge is 0.0656 e. The summed E-state index contributed by atoms with van der Waals surface area (Å²) in [6.07, 6.45) is 3.79. The summed E-state index contributed by atoms with van der Waals surface area (Å²) in [5.74, 6) is 0. The third kappa shape index (κ3) is 56.0. The van der Waals surface area contributed by atoms with Crippen LogP contribution in [0.3, 0.4) is 0 Å². The molecular weight excluding hydrogens is 180 g/mol. The van der Waals surface area contributed by atoms with Crippen molar-refractivity contribution in [3.8, 4) is 0 Å². The Kier molecular flexibility index (Phi) is 14.3. The average Bonchev–Trinajstić information content (AvgIpc) is 2.04. The van der Waals surface area contributed by atoms with Crippen LogP contribution in [0.15, 0.2) is 0 Å². The van der Waals surface area contributed by atoms with Crippen molar-refractivity contribution >= 4 is 0 Å². The van der Waals surface area contributed by atoms with Crippen LogP contribution < -0.4 is 0 Å². The SMILES string of the molecule is CCC.CCC(C)(C)C.CCC(C)(C)C. The molecule has 0 aromatic heterocycles. The second-order valence-electron chi connectivity index (χ2n) is 6.54. The van der Waals surface area contributed by atoms with Crippen molar-refractivity contribution in [2.45, 2.75) is 88.5 Å². The summed E-state index contributed by atoms with van der Waals surface area (Å²) in [7, 11) is 0. The summed E-state index contributed by atoms with van der Waals surface area (Å²) in [5.41, 5.74) is 1.08. The molecule has 0 atom stereocenters. The van der Waals surface area contributed by atoms with E-state index < -0.39 is 0 Å². The monoisotopic (exact) mass is 216 g/mol. The highest BCUT2D eigenvalue weighted by Crippen LogP contribution is 2.16. The maximum atomic E-state index is 2.24. The van der Waals surface area contributed by atoms with Crippen LogP contribution in [0.2, 0.25) is 0 Å². The minimum atomic E-state index is 0.542. The minimum Gasteiger partial charge on any atom is -0.0656 e. The van der Waals surface area contributed by atoms with Crippen molar-refractivity contribution in [3.05, 3.63) is 0 Å². The van der Waals surface area contributed by atoms with Crippen LogP contribution in [0.4, 0.5) is 0 Å². The number of hydrogen-bond acceptors (Lipinski definition) is 0. The summed E-state index contributed by atoms with van der Waals surface area (Å²) in [6, 6.07) is 0. The van der Waals surface area contributed by atoms with Crippen molar-refractivity contribution in [2.24, 2.45) is 10.8 Å². The highest BCUT2D eigenvalue weighted by atomic mass is 14.1. The molecule has 0 saturated heterocycles. The Morgan fingerprint density at radius 3 is 0.600 bits per heavy atom. The predicted octanol–water partition coefficient (Wildman–Crippen LogP) is 6.30. The maximum Gasteiger partial charge on any atom is -0.0385 e. The number of hydrogen-bond donors (Lipinski definition) is 0. The average molecular weight is 216 g/mol. The summed E-state index contributed by atoms with van der Waals surface area (Å²) >= 11 is 0. The fraction of sp³-hybridized carbons (Fsp3) is 1.00. The van der Waals surface area contributed by atoms with Crippen LogP contribution in [0, 0.1) is 10.8 Å². The third-order valence-corrected chi connectivity index (χ3v) is 2.12. The molecule has 0 aliphatic rings. The molecule has 0 aliphatic carbocycles. The zero-order valence-corrected chi connectivity index (χ0v) is 13.1. The number of rotatable bonds is 0. The predicted molar refractivity (Wildman–Crippen MR) is 75.5 cm³/mol. The van der Waals surface area contributed by atoms with Gasteiger partial charge in [-0.2, -0.15) is 0 Å². The van der Waals surface area contributed by atoms with E-state index in [0.717, 1.165) is 0 Å². The van der Waals surface area contributed by atoms with Gasteiger partial charge in [0.2, 0.25) is 0 Å². The normalized spacial score (nSPS) is 10.8. The van der Waals surface area contributed by atoms with Gasteiger partial charge in [-0.15, -0.1) is 0 Å². The third-order valence-electron chi connectivity index (χ3n) is 2.12. The van der Waals surface area contributed by atoms with E-state index in [9.17, 15) is 0 Å². The quantitative estimate of drug-likeness (QED) is 0.445. The second-order valence-corrected chi connectivity index (χ2v) is 6.54. The van der Waals surface area contributed by atoms with E-state index in [0.29, 0.717) is 10.8 Å². The summed E-state index contributed by atoms with van der Waals surface area (Å²) in [6.45, 7) is 22.1. The van der Waals surface area contributed by atoms with Crippen LogP contribution in [-0.4, -0.2) is 0 Å². The molecule has 0 unspecified atom stereocenters. The van der Waals surface area contributed by atoms with Gasteiger partial charge in [-0.1, -0.05) is 88.5 Å². The lowest BCUT2D eigenvalue weighted by Crippen LogP contribution is -2.00. The molecule has 0 aromatic rings. The van der Waals surface area contributed by atoms with Crippen LogP contribution in [0.1, 0.15) is 88.5 Å². The van der Waals surface area contributed by atoms with E-state index in [1.54, 1.807) is 0 Å². The highest BCUT2D eigenvalue weighted by molar-refractivity contribution is 4.55. The summed E-state index contributed by atoms with van der Waals surface area (Å²) in [4.78, 5) is 0. The molecule has 0 radical (unpaired) electrons. The Bertz CT molecular complexity index is 84.2. The lowest BCUT2D eigenvalue weighted by atomic mass is 9.94. The standard InChI is InChI=1S/2C6H14.C3H8/c2*1-5-6(2,3)4;1-3-2/h2*5H2,1-4H3;3H2,1-2H3. The van der Waals surface area contributed by atoms with Gasteiger partial charge >= 0.3 is 0 Å². The Morgan fingerprint density at radius 2 is 0.600 bits per heavy atom. The van der Waals surface area contributed by atoms with E-state index in [1.807, 2.05) is 0 Å². The van der Waals surface area contributed by atoms with Crippen LogP contribution in [0.5, 0.6) is 0 Å². The van der Waals surface area contributed by atoms with E-state index >= 15 is 0 Å². The summed E-state index contributed by atoms with van der Waals surface area (Å²) < 4.78 is 0. The molecule has 0 spiro atoms. The first-order valence-electron chi connectivity index (χ1n) is 6.54. The van der Waals surface area contributed by atoms with Gasteiger partial charge in [-0.25, -0.2) is 0 Å². The molecule has 0 fully saturated rings. The van der Waals surface area contributed by atoms with E-state index in [1.165, 1.54) is 19.3 Å². The Labute approximate surface area is 99.9 Å². The molecule has 0 aromatic carbocycles. The zero-order chi connectivity index (χ0) is 13.1. The highest BCUT2D eigenvalue weighted by Gasteiger charge is 2.03. The molecule has 0 rings (SSSR count). The van der Waals surface area contributed by atoms with Gasteiger partial charge in [0.05, 0.1) is 0 Å². The molecule has 0 nitrogen and oxygen atoms in total. The molecule has 0 amide bonds.